The van der Waals surface area contributed by atoms with Crippen LogP contribution in [-0.4, -0.2) is 19.8 Å². The fourth-order valence-electron chi connectivity index (χ4n) is 0.798. The zero-order valence-electron chi connectivity index (χ0n) is 6.53. The molecule has 1 heterocycles. The highest BCUT2D eigenvalue weighted by Gasteiger charge is 2.12. The number of rotatable bonds is 2. The molecule has 1 rings (SSSR count). The Kier molecular flexibility index (Phi) is 2.57. The second-order valence-corrected chi connectivity index (χ2v) is 3.33. The topological polar surface area (TPSA) is 98.2 Å². The summed E-state index contributed by atoms with van der Waals surface area (Å²) in [6.45, 7) is 0. The number of thiophene rings is 1. The minimum absolute atomic E-state index is 0.168. The fourth-order valence-corrected chi connectivity index (χ4v) is 1.63. The first-order valence-corrected chi connectivity index (χ1v) is 4.08. The molecule has 0 saturated heterocycles. The molecular formula is C6H6BN3O2S. The molecule has 0 aliphatic heterocycles. The van der Waals surface area contributed by atoms with Crippen LogP contribution in [0, 0.1) is 0 Å². The number of carbonyl (C=O) groups excluding carboxylic acids is 2. The summed E-state index contributed by atoms with van der Waals surface area (Å²) in [5, 5.41) is 2.53. The van der Waals surface area contributed by atoms with Gasteiger partial charge in [0, 0.05) is 0 Å². The van der Waals surface area contributed by atoms with Crippen LogP contribution < -0.4 is 21.6 Å². The highest BCUT2D eigenvalue weighted by Crippen LogP contribution is 2.19. The van der Waals surface area contributed by atoms with E-state index in [2.05, 4.69) is 5.32 Å². The van der Waals surface area contributed by atoms with Crippen LogP contribution in [-0.2, 0) is 0 Å². The van der Waals surface area contributed by atoms with Crippen molar-refractivity contribution in [1.82, 2.24) is 0 Å². The first-order chi connectivity index (χ1) is 6.00. The van der Waals surface area contributed by atoms with Crippen molar-refractivity contribution >= 4 is 40.9 Å². The Labute approximate surface area is 79.5 Å². The molecule has 2 radical (unpaired) electrons. The molecule has 0 unspecified atom stereocenters. The van der Waals surface area contributed by atoms with Gasteiger partial charge in [-0.05, 0) is 10.8 Å². The quantitative estimate of drug-likeness (QED) is 0.534. The van der Waals surface area contributed by atoms with Gasteiger partial charge in [0.1, 0.15) is 12.8 Å². The maximum absolute atomic E-state index is 10.8. The van der Waals surface area contributed by atoms with Crippen molar-refractivity contribution in [3.8, 4) is 0 Å². The molecule has 66 valence electrons. The molecular weight excluding hydrogens is 189 g/mol. The number of nitrogens with one attached hydrogen (secondary N) is 1. The number of carbonyl (C=O) groups is 2. The van der Waals surface area contributed by atoms with E-state index in [-0.39, 0.29) is 10.6 Å². The van der Waals surface area contributed by atoms with Crippen LogP contribution in [0.1, 0.15) is 10.4 Å². The molecule has 7 heteroatoms. The Morgan fingerprint density at radius 3 is 2.54 bits per heavy atom. The maximum Gasteiger partial charge on any atom is 0.317 e. The predicted molar refractivity (Wildman–Crippen MR) is 51.4 cm³/mol. The van der Waals surface area contributed by atoms with Crippen LogP contribution in [0.4, 0.5) is 9.80 Å². The van der Waals surface area contributed by atoms with Crippen LogP contribution in [0.25, 0.3) is 0 Å². The molecule has 0 aliphatic carbocycles. The molecule has 3 amide bonds. The summed E-state index contributed by atoms with van der Waals surface area (Å²) in [6.07, 6.45) is 0. The Balaban J connectivity index is 3.04. The zero-order chi connectivity index (χ0) is 10.0. The van der Waals surface area contributed by atoms with E-state index in [1.165, 1.54) is 6.07 Å². The average molecular weight is 195 g/mol. The number of hydrogen-bond acceptors (Lipinski definition) is 3. The van der Waals surface area contributed by atoms with Gasteiger partial charge in [0.15, 0.2) is 0 Å². The van der Waals surface area contributed by atoms with Gasteiger partial charge in [0.2, 0.25) is 0 Å². The number of primary amides is 2. The molecule has 0 aliphatic rings. The van der Waals surface area contributed by atoms with Crippen molar-refractivity contribution in [2.75, 3.05) is 5.32 Å². The van der Waals surface area contributed by atoms with Crippen molar-refractivity contribution in [1.29, 1.82) is 0 Å². The highest BCUT2D eigenvalue weighted by atomic mass is 32.1. The third-order valence-electron chi connectivity index (χ3n) is 1.25. The molecule has 5 nitrogen and oxygen atoms in total. The molecule has 0 bridgehead atoms. The normalized spacial score (nSPS) is 9.54. The molecule has 1 aromatic rings. The van der Waals surface area contributed by atoms with Gasteiger partial charge < -0.3 is 11.5 Å². The fraction of sp³-hybridized carbons (Fsp3) is 0. The average Bonchev–Trinajstić information content (AvgIpc) is 2.29. The van der Waals surface area contributed by atoms with E-state index in [4.69, 9.17) is 19.3 Å². The number of nitrogens with two attached hydrogens (primary N) is 2. The molecule has 13 heavy (non-hydrogen) atoms. The largest absolute Gasteiger partial charge is 0.366 e. The number of hydrogen-bond donors (Lipinski definition) is 3. The number of urea groups is 1. The van der Waals surface area contributed by atoms with Gasteiger partial charge in [-0.15, -0.1) is 11.3 Å². The lowest BCUT2D eigenvalue weighted by atomic mass is 10.1. The lowest BCUT2D eigenvalue weighted by Crippen LogP contribution is -2.21. The molecule has 0 saturated carbocycles. The Morgan fingerprint density at radius 2 is 2.08 bits per heavy atom. The third-order valence-corrected chi connectivity index (χ3v) is 2.13. The first kappa shape index (κ1) is 9.59. The molecule has 0 spiro atoms. The van der Waals surface area contributed by atoms with E-state index < -0.39 is 11.9 Å². The van der Waals surface area contributed by atoms with Gasteiger partial charge in [-0.3, -0.25) is 10.1 Å². The van der Waals surface area contributed by atoms with Crippen molar-refractivity contribution in [2.24, 2.45) is 11.5 Å². The van der Waals surface area contributed by atoms with Crippen molar-refractivity contribution < 1.29 is 9.59 Å². The van der Waals surface area contributed by atoms with E-state index >= 15 is 0 Å². The Morgan fingerprint density at radius 1 is 1.46 bits per heavy atom. The summed E-state index contributed by atoms with van der Waals surface area (Å²) >= 11 is 1.04. The van der Waals surface area contributed by atoms with Gasteiger partial charge in [0.05, 0.1) is 5.56 Å². The van der Waals surface area contributed by atoms with E-state index in [0.29, 0.717) is 4.78 Å². The predicted octanol–water partition coefficient (Wildman–Crippen LogP) is -0.869. The minimum atomic E-state index is -0.760. The van der Waals surface area contributed by atoms with Crippen molar-refractivity contribution in [2.45, 2.75) is 0 Å². The molecule has 1 aromatic heterocycles. The zero-order valence-corrected chi connectivity index (χ0v) is 7.35. The molecule has 5 N–H and O–H groups in total. The van der Waals surface area contributed by atoms with Crippen LogP contribution in [0.3, 0.4) is 0 Å². The third kappa shape index (κ3) is 2.22. The van der Waals surface area contributed by atoms with Crippen molar-refractivity contribution in [3.63, 3.8) is 0 Å². The first-order valence-electron chi connectivity index (χ1n) is 3.26. The van der Waals surface area contributed by atoms with Crippen molar-refractivity contribution in [3.05, 3.63) is 11.6 Å². The maximum atomic E-state index is 10.8. The van der Waals surface area contributed by atoms with Crippen LogP contribution in [0.5, 0.6) is 0 Å². The Bertz CT molecular complexity index is 363. The Hall–Kier alpha value is -1.50. The summed E-state index contributed by atoms with van der Waals surface area (Å²) < 4.78 is 0.387. The van der Waals surface area contributed by atoms with E-state index in [1.807, 2.05) is 0 Å². The van der Waals surface area contributed by atoms with E-state index in [1.54, 1.807) is 0 Å². The smallest absolute Gasteiger partial charge is 0.317 e. The summed E-state index contributed by atoms with van der Waals surface area (Å²) in [7, 11) is 5.41. The van der Waals surface area contributed by atoms with Crippen LogP contribution in [0.2, 0.25) is 0 Å². The second-order valence-electron chi connectivity index (χ2n) is 2.25. The standard InChI is InChI=1S/C6H6BN3O2S/c7-3-1-2(4(8)11)5(13-3)10-6(9)12/h1H,(H2,8,11)(H3,9,10,12). The van der Waals surface area contributed by atoms with Crippen LogP contribution in [0.15, 0.2) is 6.07 Å². The lowest BCUT2D eigenvalue weighted by molar-refractivity contribution is 0.100. The SMILES string of the molecule is [B]c1cc(C(N)=O)c(NC(N)=O)s1. The monoisotopic (exact) mass is 195 g/mol. The molecule has 0 aromatic carbocycles. The summed E-state index contributed by atoms with van der Waals surface area (Å²) in [5.74, 6) is -0.656. The summed E-state index contributed by atoms with van der Waals surface area (Å²) in [5.41, 5.74) is 10.1. The number of anilines is 1. The highest BCUT2D eigenvalue weighted by molar-refractivity contribution is 7.24. The number of amides is 3. The molecule has 0 fully saturated rings. The molecule has 0 atom stereocenters. The van der Waals surface area contributed by atoms with E-state index in [0.717, 1.165) is 11.3 Å². The van der Waals surface area contributed by atoms with Gasteiger partial charge in [0.25, 0.3) is 5.91 Å². The van der Waals surface area contributed by atoms with Gasteiger partial charge in [-0.2, -0.15) is 0 Å². The van der Waals surface area contributed by atoms with Gasteiger partial charge >= 0.3 is 6.03 Å². The van der Waals surface area contributed by atoms with Gasteiger partial charge in [-0.1, -0.05) is 0 Å². The van der Waals surface area contributed by atoms with Crippen LogP contribution >= 0.6 is 11.3 Å². The minimum Gasteiger partial charge on any atom is -0.366 e. The second kappa shape index (κ2) is 3.48. The van der Waals surface area contributed by atoms with Gasteiger partial charge in [-0.25, -0.2) is 4.79 Å². The van der Waals surface area contributed by atoms with E-state index in [9.17, 15) is 9.59 Å². The summed E-state index contributed by atoms with van der Waals surface area (Å²) in [4.78, 5) is 21.3. The summed E-state index contributed by atoms with van der Waals surface area (Å²) in [6, 6.07) is 0.627. The lowest BCUT2D eigenvalue weighted by Gasteiger charge is -1.98.